The van der Waals surface area contributed by atoms with Gasteiger partial charge < -0.3 is 0 Å². The fourth-order valence-electron chi connectivity index (χ4n) is 2.00. The van der Waals surface area contributed by atoms with Crippen LogP contribution in [0.2, 0.25) is 0 Å². The van der Waals surface area contributed by atoms with Crippen molar-refractivity contribution in [3.05, 3.63) is 59.8 Å². The van der Waals surface area contributed by atoms with Crippen LogP contribution in [-0.4, -0.2) is 20.0 Å². The Hall–Kier alpha value is -3.07. The zero-order valence-corrected chi connectivity index (χ0v) is 11.2. The number of hydrogen-bond acceptors (Lipinski definition) is 4. The molecule has 21 heavy (non-hydrogen) atoms. The lowest BCUT2D eigenvalue weighted by Gasteiger charge is -2.01. The third-order valence-electron chi connectivity index (χ3n) is 3.08. The van der Waals surface area contributed by atoms with Crippen LogP contribution >= 0.6 is 0 Å². The largest absolute Gasteiger partial charge is 0.224 e. The standard InChI is InChI=1S/C15H10FN5/c1-10-13(6-7-15(16)18-10)14-9-21(20-19-14)12-4-2-11(8-17)3-5-12/h2-7,9H,1H3. The Morgan fingerprint density at radius 3 is 2.57 bits per heavy atom. The van der Waals surface area contributed by atoms with Gasteiger partial charge in [-0.2, -0.15) is 9.65 Å². The summed E-state index contributed by atoms with van der Waals surface area (Å²) in [5.74, 6) is -0.518. The van der Waals surface area contributed by atoms with E-state index in [9.17, 15) is 4.39 Å². The third-order valence-corrected chi connectivity index (χ3v) is 3.08. The van der Waals surface area contributed by atoms with E-state index < -0.39 is 5.95 Å². The Balaban J connectivity index is 1.97. The first kappa shape index (κ1) is 12.9. The molecular weight excluding hydrogens is 269 g/mol. The minimum absolute atomic E-state index is 0.518. The summed E-state index contributed by atoms with van der Waals surface area (Å²) in [5.41, 5.74) is 3.28. The van der Waals surface area contributed by atoms with Crippen LogP contribution in [0.3, 0.4) is 0 Å². The van der Waals surface area contributed by atoms with Crippen molar-refractivity contribution in [1.29, 1.82) is 5.26 Å². The number of rotatable bonds is 2. The first-order valence-electron chi connectivity index (χ1n) is 6.24. The monoisotopic (exact) mass is 279 g/mol. The molecule has 2 aromatic heterocycles. The molecule has 0 N–H and O–H groups in total. The first-order valence-corrected chi connectivity index (χ1v) is 6.24. The van der Waals surface area contributed by atoms with Crippen molar-refractivity contribution < 1.29 is 4.39 Å². The smallest absolute Gasteiger partial charge is 0.213 e. The van der Waals surface area contributed by atoms with Gasteiger partial charge in [-0.25, -0.2) is 9.67 Å². The highest BCUT2D eigenvalue weighted by Gasteiger charge is 2.09. The summed E-state index contributed by atoms with van der Waals surface area (Å²) in [7, 11) is 0. The van der Waals surface area contributed by atoms with E-state index in [0.717, 1.165) is 11.3 Å². The Labute approximate surface area is 120 Å². The summed E-state index contributed by atoms with van der Waals surface area (Å²) in [6, 6.07) is 12.0. The summed E-state index contributed by atoms with van der Waals surface area (Å²) in [6.07, 6.45) is 1.74. The van der Waals surface area contributed by atoms with E-state index in [0.29, 0.717) is 17.0 Å². The lowest BCUT2D eigenvalue weighted by molar-refractivity contribution is 0.580. The number of halogens is 1. The Morgan fingerprint density at radius 2 is 1.90 bits per heavy atom. The highest BCUT2D eigenvalue weighted by atomic mass is 19.1. The molecule has 1 aromatic carbocycles. The van der Waals surface area contributed by atoms with E-state index in [1.807, 2.05) is 0 Å². The maximum Gasteiger partial charge on any atom is 0.213 e. The normalized spacial score (nSPS) is 10.3. The molecule has 0 spiro atoms. The molecule has 6 heteroatoms. The number of benzene rings is 1. The fourth-order valence-corrected chi connectivity index (χ4v) is 2.00. The molecule has 3 aromatic rings. The SMILES string of the molecule is Cc1nc(F)ccc1-c1cn(-c2ccc(C#N)cc2)nn1. The molecule has 0 atom stereocenters. The van der Waals surface area contributed by atoms with Crippen LogP contribution in [0.25, 0.3) is 16.9 Å². The second-order valence-electron chi connectivity index (χ2n) is 4.47. The van der Waals surface area contributed by atoms with Gasteiger partial charge in [-0.3, -0.25) is 0 Å². The lowest BCUT2D eigenvalue weighted by Crippen LogP contribution is -1.94. The van der Waals surface area contributed by atoms with Crippen molar-refractivity contribution in [3.63, 3.8) is 0 Å². The van der Waals surface area contributed by atoms with E-state index in [1.165, 1.54) is 6.07 Å². The molecule has 102 valence electrons. The summed E-state index contributed by atoms with van der Waals surface area (Å²) >= 11 is 0. The van der Waals surface area contributed by atoms with Crippen molar-refractivity contribution in [2.24, 2.45) is 0 Å². The molecule has 0 bridgehead atoms. The van der Waals surface area contributed by atoms with Crippen LogP contribution in [0.4, 0.5) is 4.39 Å². The molecule has 0 unspecified atom stereocenters. The van der Waals surface area contributed by atoms with Crippen LogP contribution in [0.5, 0.6) is 0 Å². The van der Waals surface area contributed by atoms with Crippen LogP contribution in [0.1, 0.15) is 11.3 Å². The highest BCUT2D eigenvalue weighted by Crippen LogP contribution is 2.20. The maximum absolute atomic E-state index is 13.0. The maximum atomic E-state index is 13.0. The number of aromatic nitrogens is 4. The van der Waals surface area contributed by atoms with Gasteiger partial charge in [0.25, 0.3) is 0 Å². The molecule has 5 nitrogen and oxygen atoms in total. The minimum atomic E-state index is -0.518. The minimum Gasteiger partial charge on any atom is -0.224 e. The quantitative estimate of drug-likeness (QED) is 0.676. The van der Waals surface area contributed by atoms with Gasteiger partial charge in [-0.05, 0) is 43.3 Å². The molecule has 0 aliphatic rings. The number of pyridine rings is 1. The second-order valence-corrected chi connectivity index (χ2v) is 4.47. The predicted molar refractivity (Wildman–Crippen MR) is 74.0 cm³/mol. The number of hydrogen-bond donors (Lipinski definition) is 0. The number of aryl methyl sites for hydroxylation is 1. The van der Waals surface area contributed by atoms with Gasteiger partial charge in [0.1, 0.15) is 5.69 Å². The van der Waals surface area contributed by atoms with E-state index in [-0.39, 0.29) is 0 Å². The highest BCUT2D eigenvalue weighted by molar-refractivity contribution is 5.60. The van der Waals surface area contributed by atoms with Gasteiger partial charge in [0.05, 0.1) is 29.2 Å². The van der Waals surface area contributed by atoms with Crippen LogP contribution in [-0.2, 0) is 0 Å². The number of nitrogens with zero attached hydrogens (tertiary/aromatic N) is 5. The Morgan fingerprint density at radius 1 is 1.14 bits per heavy atom. The van der Waals surface area contributed by atoms with Gasteiger partial charge in [0, 0.05) is 5.56 Å². The van der Waals surface area contributed by atoms with Gasteiger partial charge in [-0.1, -0.05) is 5.21 Å². The molecule has 0 aliphatic heterocycles. The fraction of sp³-hybridized carbons (Fsp3) is 0.0667. The molecule has 0 saturated carbocycles. The van der Waals surface area contributed by atoms with Crippen molar-refractivity contribution in [3.8, 4) is 23.0 Å². The van der Waals surface area contributed by atoms with Crippen molar-refractivity contribution in [2.75, 3.05) is 0 Å². The lowest BCUT2D eigenvalue weighted by atomic mass is 10.1. The summed E-state index contributed by atoms with van der Waals surface area (Å²) in [4.78, 5) is 3.77. The Kier molecular flexibility index (Phi) is 3.16. The second kappa shape index (κ2) is 5.13. The summed E-state index contributed by atoms with van der Waals surface area (Å²) in [6.45, 7) is 1.72. The molecular formula is C15H10FN5. The topological polar surface area (TPSA) is 67.4 Å². The molecule has 0 amide bonds. The van der Waals surface area contributed by atoms with E-state index in [1.54, 1.807) is 48.1 Å². The molecule has 0 radical (unpaired) electrons. The van der Waals surface area contributed by atoms with Crippen LogP contribution < -0.4 is 0 Å². The third kappa shape index (κ3) is 2.49. The average Bonchev–Trinajstić information content (AvgIpc) is 2.97. The van der Waals surface area contributed by atoms with Crippen molar-refractivity contribution in [2.45, 2.75) is 6.92 Å². The van der Waals surface area contributed by atoms with E-state index >= 15 is 0 Å². The molecule has 0 fully saturated rings. The molecule has 0 aliphatic carbocycles. The van der Waals surface area contributed by atoms with Gasteiger partial charge in [-0.15, -0.1) is 5.10 Å². The molecule has 2 heterocycles. The van der Waals surface area contributed by atoms with E-state index in [2.05, 4.69) is 21.4 Å². The zero-order chi connectivity index (χ0) is 14.8. The summed E-state index contributed by atoms with van der Waals surface area (Å²) < 4.78 is 14.6. The first-order chi connectivity index (χ1) is 10.2. The summed E-state index contributed by atoms with van der Waals surface area (Å²) in [5, 5.41) is 16.9. The average molecular weight is 279 g/mol. The van der Waals surface area contributed by atoms with Gasteiger partial charge in [0.15, 0.2) is 0 Å². The predicted octanol–water partition coefficient (Wildman–Crippen LogP) is 2.65. The van der Waals surface area contributed by atoms with Gasteiger partial charge >= 0.3 is 0 Å². The van der Waals surface area contributed by atoms with Gasteiger partial charge in [0.2, 0.25) is 5.95 Å². The molecule has 0 saturated heterocycles. The van der Waals surface area contributed by atoms with Crippen molar-refractivity contribution >= 4 is 0 Å². The zero-order valence-electron chi connectivity index (χ0n) is 11.2. The van der Waals surface area contributed by atoms with Crippen molar-refractivity contribution in [1.82, 2.24) is 20.0 Å². The van der Waals surface area contributed by atoms with Crippen LogP contribution in [0, 0.1) is 24.2 Å². The number of nitriles is 1. The molecule has 3 rings (SSSR count). The van der Waals surface area contributed by atoms with E-state index in [4.69, 9.17) is 5.26 Å². The van der Waals surface area contributed by atoms with Crippen LogP contribution in [0.15, 0.2) is 42.6 Å². The Bertz CT molecular complexity index is 830.